The smallest absolute Gasteiger partial charge is 0.243 e. The first-order valence-electron chi connectivity index (χ1n) is 6.64. The Labute approximate surface area is 123 Å². The number of benzene rings is 1. The maximum atomic E-state index is 13.8. The van der Waals surface area contributed by atoms with Crippen molar-refractivity contribution in [1.29, 1.82) is 0 Å². The Morgan fingerprint density at radius 3 is 2.81 bits per heavy atom. The molecule has 2 rings (SSSR count). The van der Waals surface area contributed by atoms with Gasteiger partial charge in [-0.1, -0.05) is 0 Å². The first kappa shape index (κ1) is 16.0. The van der Waals surface area contributed by atoms with E-state index in [2.05, 4.69) is 0 Å². The summed E-state index contributed by atoms with van der Waals surface area (Å²) in [4.78, 5) is -0.197. The summed E-state index contributed by atoms with van der Waals surface area (Å²) in [7, 11) is -2.57. The zero-order chi connectivity index (χ0) is 15.6. The second-order valence-corrected chi connectivity index (χ2v) is 7.02. The molecule has 0 aromatic heterocycles. The molecule has 0 aliphatic carbocycles. The van der Waals surface area contributed by atoms with Gasteiger partial charge in [0.15, 0.2) is 11.6 Å². The highest BCUT2D eigenvalue weighted by atomic mass is 32.2. The Morgan fingerprint density at radius 1 is 1.52 bits per heavy atom. The molecule has 1 aromatic rings. The molecule has 1 unspecified atom stereocenters. The van der Waals surface area contributed by atoms with Crippen LogP contribution in [0.1, 0.15) is 12.8 Å². The summed E-state index contributed by atoms with van der Waals surface area (Å²) in [6, 6.07) is 2.10. The SMILES string of the molecule is COc1c(N)cc(S(=O)(=O)N2CCCC(CO)C2)cc1F. The van der Waals surface area contributed by atoms with Gasteiger partial charge in [0, 0.05) is 19.7 Å². The average Bonchev–Trinajstić information content (AvgIpc) is 2.47. The molecule has 1 fully saturated rings. The minimum atomic E-state index is -3.83. The minimum absolute atomic E-state index is 0.0632. The van der Waals surface area contributed by atoms with Crippen molar-refractivity contribution in [3.63, 3.8) is 0 Å². The minimum Gasteiger partial charge on any atom is -0.492 e. The first-order valence-corrected chi connectivity index (χ1v) is 8.08. The molecule has 1 aliphatic rings. The van der Waals surface area contributed by atoms with Gasteiger partial charge in [-0.25, -0.2) is 12.8 Å². The van der Waals surface area contributed by atoms with Crippen LogP contribution in [0.2, 0.25) is 0 Å². The van der Waals surface area contributed by atoms with E-state index in [0.717, 1.165) is 12.5 Å². The van der Waals surface area contributed by atoms with E-state index in [9.17, 15) is 17.9 Å². The summed E-state index contributed by atoms with van der Waals surface area (Å²) in [6.07, 6.45) is 1.44. The highest BCUT2D eigenvalue weighted by Crippen LogP contribution is 2.31. The predicted molar refractivity (Wildman–Crippen MR) is 75.9 cm³/mol. The number of piperidine rings is 1. The number of aliphatic hydroxyl groups excluding tert-OH is 1. The van der Waals surface area contributed by atoms with Crippen molar-refractivity contribution in [1.82, 2.24) is 4.31 Å². The monoisotopic (exact) mass is 318 g/mol. The predicted octanol–water partition coefficient (Wildman–Crippen LogP) is 0.809. The number of sulfonamides is 1. The van der Waals surface area contributed by atoms with Crippen LogP contribution < -0.4 is 10.5 Å². The fourth-order valence-corrected chi connectivity index (χ4v) is 4.10. The molecular weight excluding hydrogens is 299 g/mol. The van der Waals surface area contributed by atoms with E-state index in [1.165, 1.54) is 17.5 Å². The van der Waals surface area contributed by atoms with Crippen LogP contribution in [0.5, 0.6) is 5.75 Å². The molecule has 1 aromatic carbocycles. The number of nitrogens with two attached hydrogens (primary N) is 1. The zero-order valence-electron chi connectivity index (χ0n) is 11.8. The fourth-order valence-electron chi connectivity index (χ4n) is 2.50. The molecule has 118 valence electrons. The number of nitrogen functional groups attached to an aromatic ring is 1. The maximum absolute atomic E-state index is 13.8. The molecule has 1 aliphatic heterocycles. The van der Waals surface area contributed by atoms with Gasteiger partial charge in [-0.15, -0.1) is 0 Å². The highest BCUT2D eigenvalue weighted by Gasteiger charge is 2.31. The summed E-state index contributed by atoms with van der Waals surface area (Å²) in [6.45, 7) is 0.518. The van der Waals surface area contributed by atoms with Gasteiger partial charge in [0.05, 0.1) is 17.7 Å². The highest BCUT2D eigenvalue weighted by molar-refractivity contribution is 7.89. The van der Waals surface area contributed by atoms with Gasteiger partial charge >= 0.3 is 0 Å². The molecule has 3 N–H and O–H groups in total. The molecule has 1 saturated heterocycles. The molecule has 0 saturated carbocycles. The second kappa shape index (κ2) is 6.17. The molecule has 1 atom stereocenters. The fraction of sp³-hybridized carbons (Fsp3) is 0.538. The number of aliphatic hydroxyl groups is 1. The Bertz CT molecular complexity index is 598. The van der Waals surface area contributed by atoms with Gasteiger partial charge in [-0.3, -0.25) is 0 Å². The second-order valence-electron chi connectivity index (χ2n) is 5.08. The van der Waals surface area contributed by atoms with Crippen LogP contribution in [0.25, 0.3) is 0 Å². The lowest BCUT2D eigenvalue weighted by atomic mass is 10.0. The van der Waals surface area contributed by atoms with E-state index in [0.29, 0.717) is 13.0 Å². The van der Waals surface area contributed by atoms with E-state index in [4.69, 9.17) is 10.5 Å². The number of anilines is 1. The molecule has 0 spiro atoms. The Hall–Kier alpha value is -1.38. The maximum Gasteiger partial charge on any atom is 0.243 e. The van der Waals surface area contributed by atoms with Gasteiger partial charge in [0.1, 0.15) is 0 Å². The number of rotatable bonds is 4. The molecule has 8 heteroatoms. The third-order valence-electron chi connectivity index (χ3n) is 3.63. The molecule has 1 heterocycles. The molecule has 21 heavy (non-hydrogen) atoms. The van der Waals surface area contributed by atoms with Gasteiger partial charge in [-0.2, -0.15) is 4.31 Å². The van der Waals surface area contributed by atoms with Crippen LogP contribution in [0.4, 0.5) is 10.1 Å². The normalized spacial score (nSPS) is 20.4. The number of hydrogen-bond acceptors (Lipinski definition) is 5. The summed E-state index contributed by atoms with van der Waals surface area (Å²) < 4.78 is 44.9. The lowest BCUT2D eigenvalue weighted by Crippen LogP contribution is -2.40. The van der Waals surface area contributed by atoms with Crippen molar-refractivity contribution < 1.29 is 22.7 Å². The lowest BCUT2D eigenvalue weighted by molar-refractivity contribution is 0.165. The number of hydrogen-bond donors (Lipinski definition) is 2. The van der Waals surface area contributed by atoms with E-state index in [1.807, 2.05) is 0 Å². The number of halogens is 1. The van der Waals surface area contributed by atoms with Crippen molar-refractivity contribution in [2.45, 2.75) is 17.7 Å². The van der Waals surface area contributed by atoms with Crippen LogP contribution >= 0.6 is 0 Å². The summed E-state index contributed by atoms with van der Waals surface area (Å²) >= 11 is 0. The Balaban J connectivity index is 2.35. The lowest BCUT2D eigenvalue weighted by Gasteiger charge is -2.31. The van der Waals surface area contributed by atoms with Crippen molar-refractivity contribution in [2.24, 2.45) is 5.92 Å². The standard InChI is InChI=1S/C13H19FN2O4S/c1-20-13-11(14)5-10(6-12(13)15)21(18,19)16-4-2-3-9(7-16)8-17/h5-6,9,17H,2-4,7-8,15H2,1H3. The third kappa shape index (κ3) is 3.12. The summed E-state index contributed by atoms with van der Waals surface area (Å²) in [5, 5.41) is 9.18. The summed E-state index contributed by atoms with van der Waals surface area (Å²) in [5.74, 6) is -1.07. The number of methoxy groups -OCH3 is 1. The van der Waals surface area contributed by atoms with Crippen LogP contribution in [-0.2, 0) is 10.0 Å². The zero-order valence-corrected chi connectivity index (χ0v) is 12.6. The van der Waals surface area contributed by atoms with Crippen molar-refractivity contribution in [2.75, 3.05) is 32.5 Å². The third-order valence-corrected chi connectivity index (χ3v) is 5.47. The van der Waals surface area contributed by atoms with E-state index >= 15 is 0 Å². The van der Waals surface area contributed by atoms with Gasteiger partial charge in [0.25, 0.3) is 0 Å². The summed E-state index contributed by atoms with van der Waals surface area (Å²) in [5.41, 5.74) is 5.56. The van der Waals surface area contributed by atoms with Gasteiger partial charge in [-0.05, 0) is 30.9 Å². The van der Waals surface area contributed by atoms with Crippen LogP contribution in [0, 0.1) is 11.7 Å². The number of nitrogens with zero attached hydrogens (tertiary/aromatic N) is 1. The number of ether oxygens (including phenoxy) is 1. The topological polar surface area (TPSA) is 92.9 Å². The molecular formula is C13H19FN2O4S. The quantitative estimate of drug-likeness (QED) is 0.801. The first-order chi connectivity index (χ1) is 9.90. The van der Waals surface area contributed by atoms with Crippen LogP contribution in [0.3, 0.4) is 0 Å². The van der Waals surface area contributed by atoms with Gasteiger partial charge in [0.2, 0.25) is 10.0 Å². The van der Waals surface area contributed by atoms with E-state index in [-0.39, 0.29) is 35.4 Å². The Kier molecular flexibility index (Phi) is 4.70. The average molecular weight is 318 g/mol. The molecule has 0 bridgehead atoms. The largest absolute Gasteiger partial charge is 0.492 e. The van der Waals surface area contributed by atoms with Crippen molar-refractivity contribution in [3.8, 4) is 5.75 Å². The van der Waals surface area contributed by atoms with E-state index < -0.39 is 15.8 Å². The van der Waals surface area contributed by atoms with Crippen LogP contribution in [-0.4, -0.2) is 44.6 Å². The van der Waals surface area contributed by atoms with Gasteiger partial charge < -0.3 is 15.6 Å². The van der Waals surface area contributed by atoms with Crippen LogP contribution in [0.15, 0.2) is 17.0 Å². The molecule has 0 radical (unpaired) electrons. The van der Waals surface area contributed by atoms with E-state index in [1.54, 1.807) is 0 Å². The molecule has 6 nitrogen and oxygen atoms in total. The van der Waals surface area contributed by atoms with Crippen molar-refractivity contribution in [3.05, 3.63) is 17.9 Å². The molecule has 0 amide bonds. The van der Waals surface area contributed by atoms with Crippen molar-refractivity contribution >= 4 is 15.7 Å². The Morgan fingerprint density at radius 2 is 2.24 bits per heavy atom.